The molecule has 0 unspecified atom stereocenters. The van der Waals surface area contributed by atoms with Crippen LogP contribution in [-0.4, -0.2) is 27.7 Å². The van der Waals surface area contributed by atoms with Gasteiger partial charge in [-0.15, -0.1) is 0 Å². The highest BCUT2D eigenvalue weighted by Crippen LogP contribution is 2.44. The first kappa shape index (κ1) is 29.1. The number of nitrogens with zero attached hydrogens (tertiary/aromatic N) is 3. The smallest absolute Gasteiger partial charge is 0.416 e. The van der Waals surface area contributed by atoms with Gasteiger partial charge < -0.3 is 24.8 Å². The van der Waals surface area contributed by atoms with Crippen LogP contribution in [0, 0.1) is 5.41 Å². The van der Waals surface area contributed by atoms with Gasteiger partial charge in [0.2, 0.25) is 5.91 Å². The molecule has 0 spiro atoms. The number of aromatic nitrogens is 2. The molecule has 7 nitrogen and oxygen atoms in total. The van der Waals surface area contributed by atoms with Crippen LogP contribution in [0.4, 0.5) is 24.5 Å². The summed E-state index contributed by atoms with van der Waals surface area (Å²) < 4.78 is 48.1. The van der Waals surface area contributed by atoms with E-state index in [2.05, 4.69) is 15.6 Å². The topological polar surface area (TPSA) is 71.4 Å². The summed E-state index contributed by atoms with van der Waals surface area (Å²) in [5.74, 6) is 0.264. The summed E-state index contributed by atoms with van der Waals surface area (Å²) in [6, 6.07) is 18.8. The van der Waals surface area contributed by atoms with Crippen LogP contribution in [0.3, 0.4) is 0 Å². The van der Waals surface area contributed by atoms with Crippen LogP contribution in [-0.2, 0) is 11.0 Å². The maximum Gasteiger partial charge on any atom is 0.416 e. The van der Waals surface area contributed by atoms with E-state index >= 15 is 0 Å². The fourth-order valence-electron chi connectivity index (χ4n) is 4.88. The van der Waals surface area contributed by atoms with Crippen LogP contribution >= 0.6 is 12.2 Å². The van der Waals surface area contributed by atoms with Crippen molar-refractivity contribution in [2.24, 2.45) is 5.41 Å². The van der Waals surface area contributed by atoms with Crippen LogP contribution in [0.1, 0.15) is 49.8 Å². The van der Waals surface area contributed by atoms with Crippen LogP contribution in [0.5, 0.6) is 5.75 Å². The largest absolute Gasteiger partial charge is 0.494 e. The SMILES string of the molecule is COc1cc(N2C(=S)N[C@@H](c3ccccn3)[C@@H]2c2cccn2-c2cccc(C(F)(F)F)c2)ccc1NC(=O)C(C)(C)C. The lowest BCUT2D eigenvalue weighted by Gasteiger charge is -2.29. The predicted octanol–water partition coefficient (Wildman–Crippen LogP) is 7.06. The molecule has 2 N–H and O–H groups in total. The Kier molecular flexibility index (Phi) is 7.72. The number of carbonyl (C=O) groups excluding carboxylic acids is 1. The van der Waals surface area contributed by atoms with Crippen LogP contribution in [0.15, 0.2) is 85.2 Å². The van der Waals surface area contributed by atoms with Gasteiger partial charge in [0.15, 0.2) is 5.11 Å². The highest BCUT2D eigenvalue weighted by molar-refractivity contribution is 7.80. The summed E-state index contributed by atoms with van der Waals surface area (Å²) in [5.41, 5.74) is 1.59. The van der Waals surface area contributed by atoms with Crippen LogP contribution in [0.2, 0.25) is 0 Å². The van der Waals surface area contributed by atoms with Gasteiger partial charge in [0.05, 0.1) is 30.1 Å². The van der Waals surface area contributed by atoms with Crippen molar-refractivity contribution in [2.75, 3.05) is 17.3 Å². The Balaban J connectivity index is 1.62. The molecule has 3 heterocycles. The fraction of sp³-hybridized carbons (Fsp3) is 0.258. The molecule has 1 aliphatic heterocycles. The van der Waals surface area contributed by atoms with Crippen molar-refractivity contribution in [1.82, 2.24) is 14.9 Å². The van der Waals surface area contributed by atoms with Crippen molar-refractivity contribution in [2.45, 2.75) is 39.0 Å². The second-order valence-electron chi connectivity index (χ2n) is 10.9. The van der Waals surface area contributed by atoms with Crippen molar-refractivity contribution >= 4 is 34.6 Å². The van der Waals surface area contributed by atoms with Gasteiger partial charge in [0, 0.05) is 40.9 Å². The number of carbonyl (C=O) groups is 1. The number of methoxy groups -OCH3 is 1. The van der Waals surface area contributed by atoms with Crippen LogP contribution in [0.25, 0.3) is 5.69 Å². The summed E-state index contributed by atoms with van der Waals surface area (Å²) >= 11 is 5.83. The Labute approximate surface area is 247 Å². The zero-order valence-electron chi connectivity index (χ0n) is 23.4. The van der Waals surface area contributed by atoms with Crippen LogP contribution < -0.4 is 20.3 Å². The quantitative estimate of drug-likeness (QED) is 0.233. The Morgan fingerprint density at radius 3 is 2.45 bits per heavy atom. The molecule has 0 saturated carbocycles. The standard InChI is InChI=1S/C31H30F3N5O2S/c1-30(2,3)28(40)36-22-14-13-21(18-25(22)41-4)39-27(26(37-29(39)42)23-11-5-6-15-35-23)24-12-8-16-38(24)20-10-7-9-19(17-20)31(32,33)34/h5-18,26-27H,1-4H3,(H,36,40)(H,37,42)/t26-,27-/m0/s1. The molecule has 0 aliphatic carbocycles. The molecule has 11 heteroatoms. The molecule has 1 saturated heterocycles. The lowest BCUT2D eigenvalue weighted by atomic mass is 9.95. The van der Waals surface area contributed by atoms with Gasteiger partial charge in [0.25, 0.3) is 0 Å². The number of anilines is 2. The average Bonchev–Trinajstić information content (AvgIpc) is 3.57. The molecule has 5 rings (SSSR count). The Hall–Kier alpha value is -4.38. The minimum atomic E-state index is -4.48. The molecule has 42 heavy (non-hydrogen) atoms. The van der Waals surface area contributed by atoms with E-state index in [4.69, 9.17) is 17.0 Å². The van der Waals surface area contributed by atoms with E-state index in [9.17, 15) is 18.0 Å². The monoisotopic (exact) mass is 593 g/mol. The molecular formula is C31H30F3N5O2S. The molecule has 218 valence electrons. The molecule has 1 amide bonds. The van der Waals surface area contributed by atoms with Gasteiger partial charge in [-0.25, -0.2) is 0 Å². The van der Waals surface area contributed by atoms with Crippen molar-refractivity contribution in [3.8, 4) is 11.4 Å². The first-order valence-electron chi connectivity index (χ1n) is 13.2. The Morgan fingerprint density at radius 2 is 1.79 bits per heavy atom. The maximum absolute atomic E-state index is 13.6. The van der Waals surface area contributed by atoms with E-state index in [1.54, 1.807) is 41.2 Å². The molecule has 1 fully saturated rings. The van der Waals surface area contributed by atoms with Crippen molar-refractivity contribution in [3.05, 3.63) is 102 Å². The number of benzene rings is 2. The molecule has 0 radical (unpaired) electrons. The highest BCUT2D eigenvalue weighted by atomic mass is 32.1. The van der Waals surface area contributed by atoms with Gasteiger partial charge >= 0.3 is 6.18 Å². The molecule has 2 atom stereocenters. The number of hydrogen-bond donors (Lipinski definition) is 2. The average molecular weight is 594 g/mol. The van der Waals surface area contributed by atoms with E-state index in [0.717, 1.165) is 12.1 Å². The van der Waals surface area contributed by atoms with E-state index < -0.39 is 29.2 Å². The van der Waals surface area contributed by atoms with E-state index in [-0.39, 0.29) is 5.91 Å². The number of thiocarbonyl (C=S) groups is 1. The fourth-order valence-corrected chi connectivity index (χ4v) is 5.22. The first-order valence-corrected chi connectivity index (χ1v) is 13.6. The van der Waals surface area contributed by atoms with Crippen molar-refractivity contribution in [3.63, 3.8) is 0 Å². The number of halogens is 3. The van der Waals surface area contributed by atoms with E-state index in [0.29, 0.717) is 39.3 Å². The Morgan fingerprint density at radius 1 is 1.00 bits per heavy atom. The number of nitrogens with one attached hydrogen (secondary N) is 2. The van der Waals surface area contributed by atoms with E-state index in [1.165, 1.54) is 13.2 Å². The molecule has 2 aromatic heterocycles. The number of pyridine rings is 1. The number of rotatable bonds is 6. The Bertz CT molecular complexity index is 1610. The number of ether oxygens (including phenoxy) is 1. The number of hydrogen-bond acceptors (Lipinski definition) is 4. The lowest BCUT2D eigenvalue weighted by molar-refractivity contribution is -0.137. The predicted molar refractivity (Wildman–Crippen MR) is 160 cm³/mol. The van der Waals surface area contributed by atoms with Crippen molar-refractivity contribution < 1.29 is 22.7 Å². The zero-order valence-corrected chi connectivity index (χ0v) is 24.3. The highest BCUT2D eigenvalue weighted by Gasteiger charge is 2.42. The second-order valence-corrected chi connectivity index (χ2v) is 11.3. The molecule has 4 aromatic rings. The molecule has 1 aliphatic rings. The minimum Gasteiger partial charge on any atom is -0.494 e. The van der Waals surface area contributed by atoms with Crippen molar-refractivity contribution in [1.29, 1.82) is 0 Å². The maximum atomic E-state index is 13.6. The summed E-state index contributed by atoms with van der Waals surface area (Å²) in [5, 5.41) is 6.69. The van der Waals surface area contributed by atoms with E-state index in [1.807, 2.05) is 56.0 Å². The first-order chi connectivity index (χ1) is 19.9. The summed E-state index contributed by atoms with van der Waals surface area (Å²) in [6.45, 7) is 5.46. The summed E-state index contributed by atoms with van der Waals surface area (Å²) in [6.07, 6.45) is -1.07. The van der Waals surface area contributed by atoms with Gasteiger partial charge in [-0.05, 0) is 66.8 Å². The zero-order chi connectivity index (χ0) is 30.2. The number of amides is 1. The lowest BCUT2D eigenvalue weighted by Crippen LogP contribution is -2.30. The third-order valence-electron chi connectivity index (χ3n) is 7.03. The normalized spacial score (nSPS) is 17.2. The van der Waals surface area contributed by atoms with Gasteiger partial charge in [0.1, 0.15) is 11.8 Å². The second kappa shape index (κ2) is 11.1. The molecular weight excluding hydrogens is 563 g/mol. The minimum absolute atomic E-state index is 0.168. The molecule has 2 aromatic carbocycles. The van der Waals surface area contributed by atoms with Gasteiger partial charge in [-0.2, -0.15) is 13.2 Å². The third kappa shape index (κ3) is 5.69. The van der Waals surface area contributed by atoms with Gasteiger partial charge in [-0.3, -0.25) is 9.78 Å². The summed E-state index contributed by atoms with van der Waals surface area (Å²) in [7, 11) is 1.51. The molecule has 0 bridgehead atoms. The third-order valence-corrected chi connectivity index (χ3v) is 7.34. The van der Waals surface area contributed by atoms with Gasteiger partial charge in [-0.1, -0.05) is 32.9 Å². The summed E-state index contributed by atoms with van der Waals surface area (Å²) in [4.78, 5) is 19.1. The number of alkyl halides is 3.